The van der Waals surface area contributed by atoms with Crippen molar-refractivity contribution in [3.05, 3.63) is 23.9 Å². The van der Waals surface area contributed by atoms with E-state index in [0.717, 1.165) is 56.6 Å². The van der Waals surface area contributed by atoms with Gasteiger partial charge in [0.15, 0.2) is 5.96 Å². The Bertz CT molecular complexity index is 501. The van der Waals surface area contributed by atoms with E-state index in [1.54, 1.807) is 7.05 Å². The van der Waals surface area contributed by atoms with Crippen LogP contribution in [-0.4, -0.2) is 44.4 Å². The first-order chi connectivity index (χ1) is 12.3. The Hall–Kier alpha value is -1.82. The molecule has 1 aromatic rings. The van der Waals surface area contributed by atoms with Crippen molar-refractivity contribution in [2.24, 2.45) is 10.9 Å². The molecule has 0 aliphatic heterocycles. The van der Waals surface area contributed by atoms with Crippen LogP contribution in [-0.2, 0) is 11.3 Å². The lowest BCUT2D eigenvalue weighted by Gasteiger charge is -2.12. The summed E-state index contributed by atoms with van der Waals surface area (Å²) < 4.78 is 11.2. The third-order valence-corrected chi connectivity index (χ3v) is 4.05. The van der Waals surface area contributed by atoms with E-state index in [0.29, 0.717) is 12.4 Å². The molecule has 0 atom stereocenters. The van der Waals surface area contributed by atoms with Crippen molar-refractivity contribution in [3.8, 4) is 5.88 Å². The molecule has 1 aliphatic rings. The number of hydrogen-bond donors (Lipinski definition) is 2. The molecular weight excluding hydrogens is 316 g/mol. The van der Waals surface area contributed by atoms with Gasteiger partial charge in [-0.3, -0.25) is 4.99 Å². The van der Waals surface area contributed by atoms with E-state index >= 15 is 0 Å². The average Bonchev–Trinajstić information content (AvgIpc) is 3.47. The summed E-state index contributed by atoms with van der Waals surface area (Å²) in [6, 6.07) is 3.97. The molecule has 0 bridgehead atoms. The molecule has 1 aromatic heterocycles. The first-order valence-corrected chi connectivity index (χ1v) is 9.41. The van der Waals surface area contributed by atoms with E-state index in [-0.39, 0.29) is 0 Å². The van der Waals surface area contributed by atoms with Gasteiger partial charge in [0, 0.05) is 45.6 Å². The highest BCUT2D eigenvalue weighted by molar-refractivity contribution is 5.79. The van der Waals surface area contributed by atoms with Gasteiger partial charge in [0.05, 0.1) is 6.61 Å². The van der Waals surface area contributed by atoms with Crippen molar-refractivity contribution >= 4 is 5.96 Å². The summed E-state index contributed by atoms with van der Waals surface area (Å²) in [5.74, 6) is 2.25. The third-order valence-electron chi connectivity index (χ3n) is 4.05. The molecule has 0 spiro atoms. The molecule has 0 saturated heterocycles. The number of aromatic nitrogens is 1. The Labute approximate surface area is 151 Å². The molecular formula is C19H32N4O2. The van der Waals surface area contributed by atoms with Gasteiger partial charge >= 0.3 is 0 Å². The zero-order valence-electron chi connectivity index (χ0n) is 15.6. The monoisotopic (exact) mass is 348 g/mol. The van der Waals surface area contributed by atoms with E-state index in [2.05, 4.69) is 27.5 Å². The molecule has 0 amide bonds. The fourth-order valence-corrected chi connectivity index (χ4v) is 2.22. The Morgan fingerprint density at radius 1 is 1.24 bits per heavy atom. The third kappa shape index (κ3) is 8.72. The highest BCUT2D eigenvalue weighted by atomic mass is 16.5. The van der Waals surface area contributed by atoms with Gasteiger partial charge in [0.25, 0.3) is 0 Å². The Morgan fingerprint density at radius 2 is 2.08 bits per heavy atom. The molecule has 2 rings (SSSR count). The van der Waals surface area contributed by atoms with Crippen molar-refractivity contribution in [1.29, 1.82) is 0 Å². The van der Waals surface area contributed by atoms with E-state index in [1.807, 2.05) is 18.3 Å². The summed E-state index contributed by atoms with van der Waals surface area (Å²) in [6.07, 6.45) is 7.72. The van der Waals surface area contributed by atoms with Crippen molar-refractivity contribution in [2.45, 2.75) is 45.6 Å². The Kier molecular flexibility index (Phi) is 9.12. The lowest BCUT2D eigenvalue weighted by Crippen LogP contribution is -2.37. The van der Waals surface area contributed by atoms with Crippen LogP contribution in [0, 0.1) is 5.92 Å². The largest absolute Gasteiger partial charge is 0.477 e. The number of aliphatic imine (C=N–C) groups is 1. The van der Waals surface area contributed by atoms with Crippen LogP contribution in [0.15, 0.2) is 23.3 Å². The molecule has 1 aliphatic carbocycles. The minimum absolute atomic E-state index is 0.683. The van der Waals surface area contributed by atoms with Crippen molar-refractivity contribution < 1.29 is 9.47 Å². The molecule has 140 valence electrons. The van der Waals surface area contributed by atoms with Crippen LogP contribution < -0.4 is 15.4 Å². The van der Waals surface area contributed by atoms with Crippen LogP contribution in [0.4, 0.5) is 0 Å². The minimum Gasteiger partial charge on any atom is -0.477 e. The van der Waals surface area contributed by atoms with E-state index in [1.165, 1.54) is 19.3 Å². The molecule has 1 fully saturated rings. The molecule has 6 heteroatoms. The number of hydrogen-bond acceptors (Lipinski definition) is 4. The quantitative estimate of drug-likeness (QED) is 0.345. The number of pyridine rings is 1. The predicted molar refractivity (Wildman–Crippen MR) is 101 cm³/mol. The summed E-state index contributed by atoms with van der Waals surface area (Å²) in [6.45, 7) is 6.14. The van der Waals surface area contributed by atoms with E-state index in [9.17, 15) is 0 Å². The Morgan fingerprint density at radius 3 is 2.76 bits per heavy atom. The zero-order chi connectivity index (χ0) is 17.7. The number of ether oxygens (including phenoxy) is 2. The van der Waals surface area contributed by atoms with Gasteiger partial charge in [0.1, 0.15) is 0 Å². The molecule has 1 saturated carbocycles. The molecule has 25 heavy (non-hydrogen) atoms. The topological polar surface area (TPSA) is 67.8 Å². The molecule has 6 nitrogen and oxygen atoms in total. The summed E-state index contributed by atoms with van der Waals surface area (Å²) >= 11 is 0. The highest BCUT2D eigenvalue weighted by Crippen LogP contribution is 2.29. The molecule has 1 heterocycles. The van der Waals surface area contributed by atoms with Crippen LogP contribution in [0.25, 0.3) is 0 Å². The predicted octanol–water partition coefficient (Wildman–Crippen LogP) is 2.74. The number of nitrogens with one attached hydrogen (secondary N) is 2. The second-order valence-corrected chi connectivity index (χ2v) is 6.43. The standard InChI is InChI=1S/C19H32N4O2/c1-3-4-11-24-12-5-10-21-19(20-2)23-14-17-8-9-18(22-13-17)25-15-16-6-7-16/h8-9,13,16H,3-7,10-12,14-15H2,1-2H3,(H2,20,21,23). The molecule has 0 radical (unpaired) electrons. The number of nitrogens with zero attached hydrogens (tertiary/aromatic N) is 2. The molecule has 0 unspecified atom stereocenters. The van der Waals surface area contributed by atoms with Crippen LogP contribution in [0.2, 0.25) is 0 Å². The van der Waals surface area contributed by atoms with Gasteiger partial charge in [-0.2, -0.15) is 0 Å². The van der Waals surface area contributed by atoms with Crippen molar-refractivity contribution in [3.63, 3.8) is 0 Å². The van der Waals surface area contributed by atoms with Crippen molar-refractivity contribution in [1.82, 2.24) is 15.6 Å². The van der Waals surface area contributed by atoms with Gasteiger partial charge in [-0.05, 0) is 37.2 Å². The maximum absolute atomic E-state index is 5.65. The maximum Gasteiger partial charge on any atom is 0.213 e. The normalized spacial score (nSPS) is 14.4. The summed E-state index contributed by atoms with van der Waals surface area (Å²) in [5, 5.41) is 6.59. The number of unbranched alkanes of at least 4 members (excludes halogenated alkanes) is 1. The van der Waals surface area contributed by atoms with Crippen molar-refractivity contribution in [2.75, 3.05) is 33.4 Å². The lowest BCUT2D eigenvalue weighted by atomic mass is 10.3. The van der Waals surface area contributed by atoms with Gasteiger partial charge < -0.3 is 20.1 Å². The second kappa shape index (κ2) is 11.7. The fraction of sp³-hybridized carbons (Fsp3) is 0.684. The van der Waals surface area contributed by atoms with Gasteiger partial charge in [-0.1, -0.05) is 19.4 Å². The first kappa shape index (κ1) is 19.5. The van der Waals surface area contributed by atoms with Crippen LogP contribution >= 0.6 is 0 Å². The maximum atomic E-state index is 5.65. The van der Waals surface area contributed by atoms with Crippen LogP contribution in [0.5, 0.6) is 5.88 Å². The second-order valence-electron chi connectivity index (χ2n) is 6.43. The smallest absolute Gasteiger partial charge is 0.213 e. The lowest BCUT2D eigenvalue weighted by molar-refractivity contribution is 0.129. The summed E-state index contributed by atoms with van der Waals surface area (Å²) in [7, 11) is 1.78. The highest BCUT2D eigenvalue weighted by Gasteiger charge is 2.21. The van der Waals surface area contributed by atoms with E-state index in [4.69, 9.17) is 9.47 Å². The zero-order valence-corrected chi connectivity index (χ0v) is 15.6. The SMILES string of the molecule is CCCCOCCCNC(=NC)NCc1ccc(OCC2CC2)nc1. The fourth-order valence-electron chi connectivity index (χ4n) is 2.22. The summed E-state index contributed by atoms with van der Waals surface area (Å²) in [4.78, 5) is 8.59. The Balaban J connectivity index is 1.57. The van der Waals surface area contributed by atoms with Gasteiger partial charge in [-0.15, -0.1) is 0 Å². The number of rotatable bonds is 12. The molecule has 0 aromatic carbocycles. The number of guanidine groups is 1. The average molecular weight is 348 g/mol. The van der Waals surface area contributed by atoms with Gasteiger partial charge in [-0.25, -0.2) is 4.98 Å². The minimum atomic E-state index is 0.683. The van der Waals surface area contributed by atoms with Gasteiger partial charge in [0.2, 0.25) is 5.88 Å². The first-order valence-electron chi connectivity index (χ1n) is 9.41. The molecule has 2 N–H and O–H groups in total. The van der Waals surface area contributed by atoms with Crippen LogP contribution in [0.3, 0.4) is 0 Å². The van der Waals surface area contributed by atoms with E-state index < -0.39 is 0 Å². The van der Waals surface area contributed by atoms with Crippen LogP contribution in [0.1, 0.15) is 44.6 Å². The summed E-state index contributed by atoms with van der Waals surface area (Å²) in [5.41, 5.74) is 1.10.